The number of nitrogens with one attached hydrogen (secondary N) is 1. The molecule has 9 heteroatoms. The smallest absolute Gasteiger partial charge is 0.335 e. The third kappa shape index (κ3) is 7.59. The van der Waals surface area contributed by atoms with Crippen molar-refractivity contribution in [3.8, 4) is 0 Å². The predicted molar refractivity (Wildman–Crippen MR) is 156 cm³/mol. The third-order valence-corrected chi connectivity index (χ3v) is 8.63. The van der Waals surface area contributed by atoms with Gasteiger partial charge in [-0.2, -0.15) is 0 Å². The highest BCUT2D eigenvalue weighted by molar-refractivity contribution is 5.87. The molecule has 0 atom stereocenters. The molecule has 0 saturated carbocycles. The van der Waals surface area contributed by atoms with Crippen molar-refractivity contribution in [2.45, 2.75) is 65.7 Å². The number of aryl methyl sites for hydroxylation is 1. The SMILES string of the molecule is CC(C)CN1CCC2(CC1)CCN(CCCn1ccnc1CN(Cc1ccc(C(=O)O)cc1)Cc1ncc[nH]1)C2. The summed E-state index contributed by atoms with van der Waals surface area (Å²) in [5.74, 6) is 1.80. The Balaban J connectivity index is 1.13. The van der Waals surface area contributed by atoms with Crippen LogP contribution in [0.5, 0.6) is 0 Å². The summed E-state index contributed by atoms with van der Waals surface area (Å²) in [6.45, 7) is 15.0. The number of likely N-dealkylation sites (tertiary alicyclic amines) is 2. The number of hydrogen-bond donors (Lipinski definition) is 2. The first-order chi connectivity index (χ1) is 19.4. The zero-order valence-electron chi connectivity index (χ0n) is 24.1. The van der Waals surface area contributed by atoms with E-state index in [0.717, 1.165) is 42.6 Å². The average molecular weight is 548 g/mol. The van der Waals surface area contributed by atoms with Crippen LogP contribution in [0, 0.1) is 11.3 Å². The lowest BCUT2D eigenvalue weighted by Crippen LogP contribution is -2.42. The van der Waals surface area contributed by atoms with Crippen LogP contribution in [0.15, 0.2) is 49.1 Å². The van der Waals surface area contributed by atoms with Crippen molar-refractivity contribution in [2.24, 2.45) is 11.3 Å². The minimum absolute atomic E-state index is 0.303. The van der Waals surface area contributed by atoms with Gasteiger partial charge in [0.1, 0.15) is 11.6 Å². The summed E-state index contributed by atoms with van der Waals surface area (Å²) in [6.07, 6.45) is 12.8. The number of carbonyl (C=O) groups is 1. The normalized spacial score (nSPS) is 17.9. The molecule has 40 heavy (non-hydrogen) atoms. The molecule has 0 radical (unpaired) electrons. The number of aromatic amines is 1. The Bertz CT molecular complexity index is 1200. The molecule has 2 saturated heterocycles. The summed E-state index contributed by atoms with van der Waals surface area (Å²) < 4.78 is 2.29. The Hall–Kier alpha value is -3.01. The lowest BCUT2D eigenvalue weighted by atomic mass is 9.77. The van der Waals surface area contributed by atoms with Gasteiger partial charge in [0, 0.05) is 51.0 Å². The van der Waals surface area contributed by atoms with E-state index in [1.54, 1.807) is 18.3 Å². The van der Waals surface area contributed by atoms with E-state index < -0.39 is 5.97 Å². The second kappa shape index (κ2) is 13.1. The Morgan fingerprint density at radius 1 is 1.00 bits per heavy atom. The molecule has 2 N–H and O–H groups in total. The molecule has 0 aliphatic carbocycles. The van der Waals surface area contributed by atoms with Crippen LogP contribution in [0.2, 0.25) is 0 Å². The van der Waals surface area contributed by atoms with Gasteiger partial charge >= 0.3 is 5.97 Å². The van der Waals surface area contributed by atoms with E-state index in [9.17, 15) is 9.90 Å². The molecule has 0 bridgehead atoms. The van der Waals surface area contributed by atoms with Gasteiger partial charge in [0.2, 0.25) is 0 Å². The van der Waals surface area contributed by atoms with Gasteiger partial charge in [-0.25, -0.2) is 14.8 Å². The second-order valence-corrected chi connectivity index (χ2v) is 12.3. The summed E-state index contributed by atoms with van der Waals surface area (Å²) >= 11 is 0. The number of aromatic nitrogens is 4. The number of aromatic carboxylic acids is 1. The topological polar surface area (TPSA) is 93.5 Å². The minimum Gasteiger partial charge on any atom is -0.478 e. The molecule has 2 fully saturated rings. The summed E-state index contributed by atoms with van der Waals surface area (Å²) in [6, 6.07) is 7.12. The highest BCUT2D eigenvalue weighted by Gasteiger charge is 2.40. The number of carboxylic acids is 1. The summed E-state index contributed by atoms with van der Waals surface area (Å²) in [5.41, 5.74) is 1.91. The zero-order chi connectivity index (χ0) is 28.0. The van der Waals surface area contributed by atoms with Crippen LogP contribution in [-0.4, -0.2) is 84.6 Å². The molecule has 1 spiro atoms. The monoisotopic (exact) mass is 547 g/mol. The molecular formula is C31H45N7O2. The molecule has 4 heterocycles. The van der Waals surface area contributed by atoms with Crippen molar-refractivity contribution < 1.29 is 9.90 Å². The molecule has 3 aromatic rings. The molecule has 0 amide bonds. The van der Waals surface area contributed by atoms with Crippen LogP contribution in [0.4, 0.5) is 0 Å². The zero-order valence-corrected chi connectivity index (χ0v) is 24.1. The van der Waals surface area contributed by atoms with Gasteiger partial charge in [-0.3, -0.25) is 4.90 Å². The van der Waals surface area contributed by atoms with Crippen molar-refractivity contribution in [1.29, 1.82) is 0 Å². The van der Waals surface area contributed by atoms with Gasteiger partial charge in [0.15, 0.2) is 0 Å². The van der Waals surface area contributed by atoms with E-state index in [4.69, 9.17) is 4.98 Å². The van der Waals surface area contributed by atoms with Crippen molar-refractivity contribution in [3.05, 3.63) is 71.8 Å². The molecule has 1 aromatic carbocycles. The fourth-order valence-corrected chi connectivity index (χ4v) is 6.49. The maximum atomic E-state index is 11.2. The first-order valence-corrected chi connectivity index (χ1v) is 14.8. The van der Waals surface area contributed by atoms with Crippen LogP contribution in [0.1, 0.15) is 67.1 Å². The fraction of sp³-hybridized carbons (Fsp3) is 0.581. The van der Waals surface area contributed by atoms with Crippen LogP contribution < -0.4 is 0 Å². The van der Waals surface area contributed by atoms with Crippen LogP contribution in [-0.2, 0) is 26.2 Å². The van der Waals surface area contributed by atoms with Crippen LogP contribution in [0.25, 0.3) is 0 Å². The predicted octanol–water partition coefficient (Wildman–Crippen LogP) is 4.34. The molecule has 9 nitrogen and oxygen atoms in total. The Morgan fingerprint density at radius 2 is 1.75 bits per heavy atom. The lowest BCUT2D eigenvalue weighted by molar-refractivity contribution is 0.0697. The molecular weight excluding hydrogens is 502 g/mol. The van der Waals surface area contributed by atoms with E-state index in [2.05, 4.69) is 49.3 Å². The number of H-pyrrole nitrogens is 1. The van der Waals surface area contributed by atoms with Crippen molar-refractivity contribution in [3.63, 3.8) is 0 Å². The number of benzene rings is 1. The van der Waals surface area contributed by atoms with Gasteiger partial charge in [-0.1, -0.05) is 26.0 Å². The number of nitrogens with zero attached hydrogens (tertiary/aromatic N) is 6. The van der Waals surface area contributed by atoms with Crippen molar-refractivity contribution in [1.82, 2.24) is 34.2 Å². The van der Waals surface area contributed by atoms with Crippen molar-refractivity contribution >= 4 is 5.97 Å². The number of piperidine rings is 1. The van der Waals surface area contributed by atoms with E-state index >= 15 is 0 Å². The van der Waals surface area contributed by atoms with E-state index in [1.807, 2.05) is 24.5 Å². The number of rotatable bonds is 13. The average Bonchev–Trinajstić information content (AvgIpc) is 3.69. The van der Waals surface area contributed by atoms with Gasteiger partial charge in [-0.05, 0) is 80.9 Å². The first-order valence-electron chi connectivity index (χ1n) is 14.8. The summed E-state index contributed by atoms with van der Waals surface area (Å²) in [7, 11) is 0. The van der Waals surface area contributed by atoms with Gasteiger partial charge in [0.05, 0.1) is 18.7 Å². The van der Waals surface area contributed by atoms with E-state index in [-0.39, 0.29) is 0 Å². The highest BCUT2D eigenvalue weighted by atomic mass is 16.4. The first kappa shape index (κ1) is 28.5. The Labute approximate surface area is 238 Å². The largest absolute Gasteiger partial charge is 0.478 e. The van der Waals surface area contributed by atoms with Gasteiger partial charge in [0.25, 0.3) is 0 Å². The summed E-state index contributed by atoms with van der Waals surface area (Å²) in [5, 5.41) is 9.23. The lowest BCUT2D eigenvalue weighted by Gasteiger charge is -2.40. The maximum Gasteiger partial charge on any atom is 0.335 e. The van der Waals surface area contributed by atoms with Gasteiger partial charge in [-0.15, -0.1) is 0 Å². The molecule has 2 aliphatic heterocycles. The molecule has 2 aromatic heterocycles. The van der Waals surface area contributed by atoms with E-state index in [0.29, 0.717) is 30.6 Å². The fourth-order valence-electron chi connectivity index (χ4n) is 6.49. The Morgan fingerprint density at radius 3 is 2.42 bits per heavy atom. The molecule has 5 rings (SSSR count). The molecule has 216 valence electrons. The number of imidazole rings is 2. The highest BCUT2D eigenvalue weighted by Crippen LogP contribution is 2.40. The second-order valence-electron chi connectivity index (χ2n) is 12.3. The summed E-state index contributed by atoms with van der Waals surface area (Å²) in [4.78, 5) is 31.2. The third-order valence-electron chi connectivity index (χ3n) is 8.63. The maximum absolute atomic E-state index is 11.2. The van der Waals surface area contributed by atoms with Gasteiger partial charge < -0.3 is 24.5 Å². The van der Waals surface area contributed by atoms with Crippen LogP contribution >= 0.6 is 0 Å². The Kier molecular flexibility index (Phi) is 9.34. The minimum atomic E-state index is -0.905. The van der Waals surface area contributed by atoms with Crippen molar-refractivity contribution in [2.75, 3.05) is 39.3 Å². The molecule has 0 unspecified atom stereocenters. The van der Waals surface area contributed by atoms with E-state index in [1.165, 1.54) is 52.0 Å². The number of hydrogen-bond acceptors (Lipinski definition) is 6. The quantitative estimate of drug-likeness (QED) is 0.329. The van der Waals surface area contributed by atoms with Crippen LogP contribution in [0.3, 0.4) is 0 Å². The standard InChI is InChI=1S/C31H45N7O2/c1-25(2)20-35-16-8-31(9-17-35)10-18-36(24-31)14-3-15-38-19-13-34-29(38)23-37(22-28-32-11-12-33-28)21-26-4-6-27(7-5-26)30(39)40/h4-7,11-13,19,25H,3,8-10,14-18,20-24H2,1-2H3,(H,32,33)(H,39,40). The number of carboxylic acid groups (broad SMARTS) is 1. The molecule has 2 aliphatic rings.